The Balaban J connectivity index is 1.62. The molecule has 2 aromatic rings. The van der Waals surface area contributed by atoms with E-state index >= 15 is 0 Å². The van der Waals surface area contributed by atoms with Crippen molar-refractivity contribution >= 4 is 51.5 Å². The fourth-order valence-corrected chi connectivity index (χ4v) is 2.88. The molecule has 8 heteroatoms. The third-order valence-corrected chi connectivity index (χ3v) is 4.88. The number of anilines is 1. The Morgan fingerprint density at radius 1 is 1.22 bits per heavy atom. The third kappa shape index (κ3) is 4.22. The molecule has 23 heavy (non-hydrogen) atoms. The summed E-state index contributed by atoms with van der Waals surface area (Å²) in [6.45, 7) is 0.682. The Morgan fingerprint density at radius 3 is 2.70 bits per heavy atom. The van der Waals surface area contributed by atoms with Crippen LogP contribution in [0.4, 0.5) is 5.13 Å². The van der Waals surface area contributed by atoms with Crippen molar-refractivity contribution in [2.75, 3.05) is 11.9 Å². The largest absolute Gasteiger partial charge is 0.350 e. The molecule has 1 aliphatic carbocycles. The Labute approximate surface area is 147 Å². The first kappa shape index (κ1) is 16.2. The molecule has 1 heterocycles. The van der Waals surface area contributed by atoms with Crippen LogP contribution in [0.2, 0.25) is 10.0 Å². The average molecular weight is 370 g/mol. The molecule has 1 aromatic heterocycles. The second-order valence-electron chi connectivity index (χ2n) is 5.27. The highest BCUT2D eigenvalue weighted by molar-refractivity contribution is 7.14. The van der Waals surface area contributed by atoms with E-state index in [9.17, 15) is 9.59 Å². The number of nitrogens with one attached hydrogen (secondary N) is 2. The second kappa shape index (κ2) is 6.86. The number of carbonyl (C=O) groups excluding carboxylic acids is 2. The first-order chi connectivity index (χ1) is 11.0. The number of carbonyl (C=O) groups is 2. The van der Waals surface area contributed by atoms with Crippen molar-refractivity contribution in [3.63, 3.8) is 0 Å². The fourth-order valence-electron chi connectivity index (χ4n) is 1.89. The molecule has 0 radical (unpaired) electrons. The molecule has 1 aromatic carbocycles. The van der Waals surface area contributed by atoms with Crippen molar-refractivity contribution in [1.82, 2.24) is 10.3 Å². The molecule has 0 spiro atoms. The molecule has 1 fully saturated rings. The summed E-state index contributed by atoms with van der Waals surface area (Å²) in [5.74, 6) is 0.0254. The molecule has 2 N–H and O–H groups in total. The topological polar surface area (TPSA) is 71.1 Å². The predicted octanol–water partition coefficient (Wildman–Crippen LogP) is 3.84. The van der Waals surface area contributed by atoms with Crippen LogP contribution in [0.1, 0.15) is 33.7 Å². The number of thiazole rings is 1. The molecule has 3 rings (SSSR count). The number of benzene rings is 1. The van der Waals surface area contributed by atoms with Gasteiger partial charge in [-0.05, 0) is 37.0 Å². The lowest BCUT2D eigenvalue weighted by Crippen LogP contribution is -2.25. The summed E-state index contributed by atoms with van der Waals surface area (Å²) in [5.41, 5.74) is 0.675. The highest BCUT2D eigenvalue weighted by atomic mass is 35.5. The lowest BCUT2D eigenvalue weighted by molar-refractivity contribution is 0.0946. The second-order valence-corrected chi connectivity index (χ2v) is 6.95. The minimum atomic E-state index is -0.358. The van der Waals surface area contributed by atoms with Gasteiger partial charge in [-0.1, -0.05) is 23.2 Å². The van der Waals surface area contributed by atoms with Gasteiger partial charge in [0.2, 0.25) is 0 Å². The summed E-state index contributed by atoms with van der Waals surface area (Å²) in [7, 11) is 0. The zero-order valence-electron chi connectivity index (χ0n) is 11.9. The van der Waals surface area contributed by atoms with Crippen molar-refractivity contribution in [2.45, 2.75) is 12.8 Å². The SMILES string of the molecule is O=C(Nc1nc(C(=O)NCC2CC2)cs1)c1ccc(Cl)c(Cl)c1. The molecule has 0 atom stereocenters. The van der Waals surface area contributed by atoms with Gasteiger partial charge in [0.25, 0.3) is 11.8 Å². The van der Waals surface area contributed by atoms with E-state index in [-0.39, 0.29) is 11.8 Å². The van der Waals surface area contributed by atoms with Crippen LogP contribution in [-0.2, 0) is 0 Å². The van der Waals surface area contributed by atoms with Gasteiger partial charge in [0.15, 0.2) is 5.13 Å². The Morgan fingerprint density at radius 2 is 2.00 bits per heavy atom. The lowest BCUT2D eigenvalue weighted by Gasteiger charge is -2.03. The van der Waals surface area contributed by atoms with Crippen molar-refractivity contribution in [1.29, 1.82) is 0 Å². The van der Waals surface area contributed by atoms with Crippen molar-refractivity contribution < 1.29 is 9.59 Å². The van der Waals surface area contributed by atoms with Gasteiger partial charge < -0.3 is 5.32 Å². The molecular formula is C15H13Cl2N3O2S. The number of nitrogens with zero attached hydrogens (tertiary/aromatic N) is 1. The zero-order valence-corrected chi connectivity index (χ0v) is 14.3. The maximum atomic E-state index is 12.1. The van der Waals surface area contributed by atoms with Crippen LogP contribution in [0, 0.1) is 5.92 Å². The molecule has 1 aliphatic rings. The summed E-state index contributed by atoms with van der Waals surface area (Å²) in [5, 5.41) is 8.14. The quantitative estimate of drug-likeness (QED) is 0.840. The molecular weight excluding hydrogens is 357 g/mol. The summed E-state index contributed by atoms with van der Waals surface area (Å²) < 4.78 is 0. The van der Waals surface area contributed by atoms with Crippen molar-refractivity contribution in [2.24, 2.45) is 5.92 Å². The maximum Gasteiger partial charge on any atom is 0.270 e. The van der Waals surface area contributed by atoms with E-state index in [1.165, 1.54) is 30.2 Å². The monoisotopic (exact) mass is 369 g/mol. The van der Waals surface area contributed by atoms with E-state index in [4.69, 9.17) is 23.2 Å². The minimum Gasteiger partial charge on any atom is -0.350 e. The van der Waals surface area contributed by atoms with Crippen molar-refractivity contribution in [3.8, 4) is 0 Å². The van der Waals surface area contributed by atoms with E-state index in [1.54, 1.807) is 17.5 Å². The van der Waals surface area contributed by atoms with E-state index in [0.717, 1.165) is 0 Å². The normalized spacial score (nSPS) is 13.7. The van der Waals surface area contributed by atoms with Crippen LogP contribution < -0.4 is 10.6 Å². The van der Waals surface area contributed by atoms with E-state index in [1.807, 2.05) is 0 Å². The Kier molecular flexibility index (Phi) is 4.84. The first-order valence-electron chi connectivity index (χ1n) is 7.03. The summed E-state index contributed by atoms with van der Waals surface area (Å²) in [6.07, 6.45) is 2.34. The average Bonchev–Trinajstić information content (AvgIpc) is 3.25. The van der Waals surface area contributed by atoms with Crippen LogP contribution in [0.15, 0.2) is 23.6 Å². The van der Waals surface area contributed by atoms with E-state index in [2.05, 4.69) is 15.6 Å². The predicted molar refractivity (Wildman–Crippen MR) is 91.6 cm³/mol. The maximum absolute atomic E-state index is 12.1. The van der Waals surface area contributed by atoms with Gasteiger partial charge in [-0.2, -0.15) is 0 Å². The molecule has 0 saturated heterocycles. The van der Waals surface area contributed by atoms with Gasteiger partial charge in [-0.15, -0.1) is 11.3 Å². The summed E-state index contributed by atoms with van der Waals surface area (Å²) in [6, 6.07) is 4.61. The highest BCUT2D eigenvalue weighted by Crippen LogP contribution is 2.28. The minimum absolute atomic E-state index is 0.219. The number of halogens is 2. The molecule has 5 nitrogen and oxygen atoms in total. The van der Waals surface area contributed by atoms with Gasteiger partial charge in [0.1, 0.15) is 5.69 Å². The number of amides is 2. The van der Waals surface area contributed by atoms with Crippen LogP contribution in [0.5, 0.6) is 0 Å². The van der Waals surface area contributed by atoms with Gasteiger partial charge in [-0.3, -0.25) is 14.9 Å². The smallest absolute Gasteiger partial charge is 0.270 e. The van der Waals surface area contributed by atoms with Gasteiger partial charge >= 0.3 is 0 Å². The molecule has 0 aliphatic heterocycles. The summed E-state index contributed by atoms with van der Waals surface area (Å²) >= 11 is 12.9. The molecule has 2 amide bonds. The molecule has 0 unspecified atom stereocenters. The molecule has 0 bridgehead atoms. The fraction of sp³-hybridized carbons (Fsp3) is 0.267. The van der Waals surface area contributed by atoms with Crippen molar-refractivity contribution in [3.05, 3.63) is 44.9 Å². The Bertz CT molecular complexity index is 759. The number of aromatic nitrogens is 1. The summed E-state index contributed by atoms with van der Waals surface area (Å²) in [4.78, 5) is 28.2. The van der Waals surface area contributed by atoms with Gasteiger partial charge in [0, 0.05) is 17.5 Å². The van der Waals surface area contributed by atoms with E-state index < -0.39 is 0 Å². The van der Waals surface area contributed by atoms with Crippen LogP contribution >= 0.6 is 34.5 Å². The number of rotatable bonds is 5. The van der Waals surface area contributed by atoms with Gasteiger partial charge in [0.05, 0.1) is 10.0 Å². The van der Waals surface area contributed by atoms with Gasteiger partial charge in [-0.25, -0.2) is 4.98 Å². The number of hydrogen-bond donors (Lipinski definition) is 2. The zero-order chi connectivity index (χ0) is 16.4. The standard InChI is InChI=1S/C15H13Cl2N3O2S/c16-10-4-3-9(5-11(10)17)13(21)20-15-19-12(7-23-15)14(22)18-6-8-1-2-8/h3-5,7-8H,1-2,6H2,(H,18,22)(H,19,20,21). The molecule has 120 valence electrons. The molecule has 1 saturated carbocycles. The van der Waals surface area contributed by atoms with Crippen LogP contribution in [0.25, 0.3) is 0 Å². The first-order valence-corrected chi connectivity index (χ1v) is 8.66. The van der Waals surface area contributed by atoms with Crippen LogP contribution in [0.3, 0.4) is 0 Å². The highest BCUT2D eigenvalue weighted by Gasteiger charge is 2.22. The Hall–Kier alpha value is -1.63. The van der Waals surface area contributed by atoms with E-state index in [0.29, 0.717) is 38.9 Å². The number of hydrogen-bond acceptors (Lipinski definition) is 4. The third-order valence-electron chi connectivity index (χ3n) is 3.39. The lowest BCUT2D eigenvalue weighted by atomic mass is 10.2. The van der Waals surface area contributed by atoms with Crippen LogP contribution in [-0.4, -0.2) is 23.3 Å².